The number of halogens is 1. The maximum atomic E-state index is 10.3. The molecule has 0 aliphatic carbocycles. The fourth-order valence-corrected chi connectivity index (χ4v) is 1.20. The molecule has 0 saturated carbocycles. The lowest BCUT2D eigenvalue weighted by molar-refractivity contribution is -0.111. The molecule has 3 heteroatoms. The summed E-state index contributed by atoms with van der Waals surface area (Å²) in [6, 6.07) is 7.56. The number of hydrogen-bond acceptors (Lipinski definition) is 2. The van der Waals surface area contributed by atoms with Crippen molar-refractivity contribution in [1.29, 1.82) is 0 Å². The lowest BCUT2D eigenvalue weighted by atomic mass is 10.2. The number of ether oxygens (including phenoxy) is 1. The van der Waals surface area contributed by atoms with Crippen LogP contribution in [0, 0.1) is 5.92 Å². The van der Waals surface area contributed by atoms with E-state index in [4.69, 9.17) is 4.74 Å². The van der Waals surface area contributed by atoms with Gasteiger partial charge in [-0.2, -0.15) is 0 Å². The van der Waals surface area contributed by atoms with Crippen molar-refractivity contribution >= 4 is 22.2 Å². The van der Waals surface area contributed by atoms with Crippen LogP contribution in [0.5, 0.6) is 5.75 Å². The van der Waals surface area contributed by atoms with E-state index in [0.29, 0.717) is 6.61 Å². The highest BCUT2D eigenvalue weighted by Gasteiger charge is 2.00. The van der Waals surface area contributed by atoms with Gasteiger partial charge in [0.1, 0.15) is 12.0 Å². The molecule has 0 aliphatic rings. The summed E-state index contributed by atoms with van der Waals surface area (Å²) < 4.78 is 6.35. The van der Waals surface area contributed by atoms with Crippen LogP contribution >= 0.6 is 15.9 Å². The van der Waals surface area contributed by atoms with Gasteiger partial charge < -0.3 is 9.53 Å². The largest absolute Gasteiger partial charge is 0.493 e. The molecule has 0 saturated heterocycles. The van der Waals surface area contributed by atoms with E-state index in [1.165, 1.54) is 0 Å². The summed E-state index contributed by atoms with van der Waals surface area (Å²) >= 11 is 3.34. The summed E-state index contributed by atoms with van der Waals surface area (Å²) in [7, 11) is 0. The predicted molar refractivity (Wildman–Crippen MR) is 54.9 cm³/mol. The van der Waals surface area contributed by atoms with Crippen molar-refractivity contribution in [3.05, 3.63) is 28.7 Å². The summed E-state index contributed by atoms with van der Waals surface area (Å²) in [6.07, 6.45) is 0.887. The molecule has 0 bridgehead atoms. The van der Waals surface area contributed by atoms with Gasteiger partial charge in [0.05, 0.1) is 6.61 Å². The summed E-state index contributed by atoms with van der Waals surface area (Å²) in [5.74, 6) is 0.724. The van der Waals surface area contributed by atoms with Crippen molar-refractivity contribution in [3.63, 3.8) is 0 Å². The first kappa shape index (κ1) is 10.3. The minimum Gasteiger partial charge on any atom is -0.493 e. The molecule has 0 aromatic heterocycles. The molecule has 1 aromatic rings. The van der Waals surface area contributed by atoms with Crippen LogP contribution in [0.1, 0.15) is 6.92 Å². The lowest BCUT2D eigenvalue weighted by Gasteiger charge is -2.07. The Hall–Kier alpha value is -0.830. The molecule has 70 valence electrons. The quantitative estimate of drug-likeness (QED) is 0.760. The van der Waals surface area contributed by atoms with Crippen LogP contribution in [0.3, 0.4) is 0 Å². The standard InChI is InChI=1S/C10H11BrO2/c1-8(6-12)7-13-10-4-2-3-9(11)5-10/h2-6,8H,7H2,1H3. The maximum Gasteiger partial charge on any atom is 0.126 e. The number of hydrogen-bond donors (Lipinski definition) is 0. The van der Waals surface area contributed by atoms with Gasteiger partial charge in [-0.25, -0.2) is 0 Å². The van der Waals surface area contributed by atoms with Gasteiger partial charge in [-0.3, -0.25) is 0 Å². The zero-order valence-electron chi connectivity index (χ0n) is 7.37. The molecule has 0 radical (unpaired) electrons. The van der Waals surface area contributed by atoms with E-state index in [9.17, 15) is 4.79 Å². The zero-order valence-corrected chi connectivity index (χ0v) is 8.95. The van der Waals surface area contributed by atoms with Gasteiger partial charge in [-0.05, 0) is 18.2 Å². The Morgan fingerprint density at radius 1 is 1.62 bits per heavy atom. The second kappa shape index (κ2) is 5.02. The second-order valence-corrected chi connectivity index (χ2v) is 3.80. The molecule has 2 nitrogen and oxygen atoms in total. The van der Waals surface area contributed by atoms with E-state index in [2.05, 4.69) is 15.9 Å². The summed E-state index contributed by atoms with van der Waals surface area (Å²) in [5.41, 5.74) is 0. The van der Waals surface area contributed by atoms with Crippen molar-refractivity contribution in [2.24, 2.45) is 5.92 Å². The number of aldehydes is 1. The van der Waals surface area contributed by atoms with Crippen molar-refractivity contribution < 1.29 is 9.53 Å². The number of rotatable bonds is 4. The fraction of sp³-hybridized carbons (Fsp3) is 0.300. The van der Waals surface area contributed by atoms with E-state index in [-0.39, 0.29) is 5.92 Å². The Bertz CT molecular complexity index is 286. The number of benzene rings is 1. The first-order valence-electron chi connectivity index (χ1n) is 4.06. The zero-order chi connectivity index (χ0) is 9.68. The van der Waals surface area contributed by atoms with Gasteiger partial charge in [0.2, 0.25) is 0 Å². The second-order valence-electron chi connectivity index (χ2n) is 2.88. The van der Waals surface area contributed by atoms with E-state index in [0.717, 1.165) is 16.5 Å². The molecule has 1 atom stereocenters. The van der Waals surface area contributed by atoms with Gasteiger partial charge in [0, 0.05) is 10.4 Å². The minimum absolute atomic E-state index is 0.0565. The monoisotopic (exact) mass is 242 g/mol. The van der Waals surface area contributed by atoms with Gasteiger partial charge in [0.25, 0.3) is 0 Å². The van der Waals surface area contributed by atoms with Crippen molar-refractivity contribution in [2.75, 3.05) is 6.61 Å². The molecule has 0 spiro atoms. The minimum atomic E-state index is -0.0565. The smallest absolute Gasteiger partial charge is 0.126 e. The molecule has 0 aliphatic heterocycles. The van der Waals surface area contributed by atoms with Crippen LogP contribution < -0.4 is 4.74 Å². The molecule has 1 aromatic carbocycles. The highest BCUT2D eigenvalue weighted by atomic mass is 79.9. The third-order valence-corrected chi connectivity index (χ3v) is 2.03. The Kier molecular flexibility index (Phi) is 3.96. The Morgan fingerprint density at radius 2 is 2.38 bits per heavy atom. The molecular weight excluding hydrogens is 232 g/mol. The summed E-state index contributed by atoms with van der Waals surface area (Å²) in [5, 5.41) is 0. The van der Waals surface area contributed by atoms with Gasteiger partial charge in [-0.1, -0.05) is 28.9 Å². The summed E-state index contributed by atoms with van der Waals surface area (Å²) in [4.78, 5) is 10.3. The van der Waals surface area contributed by atoms with Crippen LogP contribution in [0.4, 0.5) is 0 Å². The third kappa shape index (κ3) is 3.59. The Labute approximate surface area is 86.0 Å². The average Bonchev–Trinajstić information content (AvgIpc) is 2.14. The maximum absolute atomic E-state index is 10.3. The van der Waals surface area contributed by atoms with Gasteiger partial charge in [0.15, 0.2) is 0 Å². The van der Waals surface area contributed by atoms with Crippen molar-refractivity contribution in [1.82, 2.24) is 0 Å². The first-order chi connectivity index (χ1) is 6.22. The topological polar surface area (TPSA) is 26.3 Å². The molecule has 0 amide bonds. The molecule has 0 fully saturated rings. The Balaban J connectivity index is 2.49. The van der Waals surface area contributed by atoms with Crippen LogP contribution in [-0.4, -0.2) is 12.9 Å². The molecule has 0 heterocycles. The SMILES string of the molecule is CC(C=O)COc1cccc(Br)c1. The van der Waals surface area contributed by atoms with Crippen molar-refractivity contribution in [2.45, 2.75) is 6.92 Å². The molecule has 1 unspecified atom stereocenters. The summed E-state index contributed by atoms with van der Waals surface area (Å²) in [6.45, 7) is 2.25. The van der Waals surface area contributed by atoms with E-state index in [1.807, 2.05) is 31.2 Å². The molecular formula is C10H11BrO2. The molecule has 0 N–H and O–H groups in total. The van der Waals surface area contributed by atoms with E-state index >= 15 is 0 Å². The molecule has 1 rings (SSSR count). The Morgan fingerprint density at radius 3 is 3.00 bits per heavy atom. The highest BCUT2D eigenvalue weighted by Crippen LogP contribution is 2.17. The lowest BCUT2D eigenvalue weighted by Crippen LogP contribution is -2.09. The van der Waals surface area contributed by atoms with Crippen LogP contribution in [0.2, 0.25) is 0 Å². The average molecular weight is 243 g/mol. The van der Waals surface area contributed by atoms with E-state index in [1.54, 1.807) is 0 Å². The first-order valence-corrected chi connectivity index (χ1v) is 4.85. The van der Waals surface area contributed by atoms with Crippen LogP contribution in [0.25, 0.3) is 0 Å². The number of carbonyl (C=O) groups is 1. The van der Waals surface area contributed by atoms with Crippen molar-refractivity contribution in [3.8, 4) is 5.75 Å². The molecule has 13 heavy (non-hydrogen) atoms. The van der Waals surface area contributed by atoms with Crippen LogP contribution in [-0.2, 0) is 4.79 Å². The van der Waals surface area contributed by atoms with Crippen LogP contribution in [0.15, 0.2) is 28.7 Å². The predicted octanol–water partition coefficient (Wildman–Crippen LogP) is 2.66. The van der Waals surface area contributed by atoms with Gasteiger partial charge in [-0.15, -0.1) is 0 Å². The third-order valence-electron chi connectivity index (χ3n) is 1.54. The number of carbonyl (C=O) groups excluding carboxylic acids is 1. The van der Waals surface area contributed by atoms with E-state index < -0.39 is 0 Å². The normalized spacial score (nSPS) is 12.2. The fourth-order valence-electron chi connectivity index (χ4n) is 0.824. The van der Waals surface area contributed by atoms with Gasteiger partial charge >= 0.3 is 0 Å². The highest BCUT2D eigenvalue weighted by molar-refractivity contribution is 9.10.